The van der Waals surface area contributed by atoms with E-state index in [1.807, 2.05) is 47.5 Å². The maximum atomic E-state index is 13.0. The van der Waals surface area contributed by atoms with E-state index in [9.17, 15) is 9.59 Å². The second-order valence-electron chi connectivity index (χ2n) is 8.11. The zero-order valence-electron chi connectivity index (χ0n) is 17.7. The first-order valence-electron chi connectivity index (χ1n) is 10.7. The third kappa shape index (κ3) is 5.21. The van der Waals surface area contributed by atoms with E-state index in [1.165, 1.54) is 0 Å². The number of piperidine rings is 1. The third-order valence-electron chi connectivity index (χ3n) is 6.02. The number of hydrazine groups is 1. The first-order chi connectivity index (χ1) is 15.1. The molecule has 1 aromatic heterocycles. The standard InChI is InChI=1S/C23H29N5O3/c1-31-19-8-6-16(7-9-19)13-25-22(29)18-5-3-11-28(15-18)23(30)21-12-20(26-27-21)17-4-2-10-24-14-17/h2,4,6-10,14,18,20-21,26-27H,3,5,11-13,15H2,1H3,(H,25,29). The Labute approximate surface area is 182 Å². The first kappa shape index (κ1) is 21.3. The van der Waals surface area contributed by atoms with Crippen molar-refractivity contribution in [2.45, 2.75) is 37.9 Å². The molecule has 31 heavy (non-hydrogen) atoms. The first-order valence-corrected chi connectivity index (χ1v) is 10.7. The fourth-order valence-corrected chi connectivity index (χ4v) is 4.21. The van der Waals surface area contributed by atoms with Crippen LogP contribution < -0.4 is 20.9 Å². The summed E-state index contributed by atoms with van der Waals surface area (Å²) in [5, 5.41) is 3.01. The Kier molecular flexibility index (Phi) is 6.79. The largest absolute Gasteiger partial charge is 0.497 e. The fraction of sp³-hybridized carbons (Fsp3) is 0.435. The number of pyridine rings is 1. The molecular weight excluding hydrogens is 394 g/mol. The van der Waals surface area contributed by atoms with Crippen LogP contribution in [0.25, 0.3) is 0 Å². The maximum Gasteiger partial charge on any atom is 0.241 e. The number of methoxy groups -OCH3 is 1. The average molecular weight is 424 g/mol. The lowest BCUT2D eigenvalue weighted by atomic mass is 9.95. The summed E-state index contributed by atoms with van der Waals surface area (Å²) in [7, 11) is 1.63. The fourth-order valence-electron chi connectivity index (χ4n) is 4.21. The van der Waals surface area contributed by atoms with Crippen molar-refractivity contribution < 1.29 is 14.3 Å². The van der Waals surface area contributed by atoms with Gasteiger partial charge < -0.3 is 15.0 Å². The molecule has 2 aromatic rings. The summed E-state index contributed by atoms with van der Waals surface area (Å²) in [6.07, 6.45) is 5.85. The molecule has 4 rings (SSSR count). The molecule has 0 radical (unpaired) electrons. The minimum atomic E-state index is -0.300. The van der Waals surface area contributed by atoms with Crippen LogP contribution in [0.5, 0.6) is 5.75 Å². The number of hydrogen-bond acceptors (Lipinski definition) is 6. The molecule has 3 N–H and O–H groups in total. The molecule has 3 heterocycles. The predicted molar refractivity (Wildman–Crippen MR) is 116 cm³/mol. The summed E-state index contributed by atoms with van der Waals surface area (Å²) in [4.78, 5) is 31.7. The molecule has 0 spiro atoms. The van der Waals surface area contributed by atoms with Crippen molar-refractivity contribution in [1.82, 2.24) is 26.1 Å². The van der Waals surface area contributed by atoms with Gasteiger partial charge in [-0.15, -0.1) is 0 Å². The summed E-state index contributed by atoms with van der Waals surface area (Å²) in [5.74, 6) is 0.655. The lowest BCUT2D eigenvalue weighted by Crippen LogP contribution is -2.51. The number of ether oxygens (including phenoxy) is 1. The van der Waals surface area contributed by atoms with Gasteiger partial charge in [-0.3, -0.25) is 14.6 Å². The minimum absolute atomic E-state index is 0.000870. The summed E-state index contributed by atoms with van der Waals surface area (Å²) >= 11 is 0. The second-order valence-corrected chi connectivity index (χ2v) is 8.11. The molecule has 3 unspecified atom stereocenters. The summed E-state index contributed by atoms with van der Waals surface area (Å²) in [6.45, 7) is 1.62. The lowest BCUT2D eigenvalue weighted by Gasteiger charge is -2.33. The number of nitrogens with zero attached hydrogens (tertiary/aromatic N) is 2. The molecule has 3 atom stereocenters. The molecule has 0 saturated carbocycles. The number of rotatable bonds is 6. The molecule has 8 heteroatoms. The zero-order chi connectivity index (χ0) is 21.6. The molecule has 2 fully saturated rings. The van der Waals surface area contributed by atoms with E-state index in [0.717, 1.165) is 29.7 Å². The van der Waals surface area contributed by atoms with Gasteiger partial charge in [0.15, 0.2) is 0 Å². The Balaban J connectivity index is 1.28. The number of hydrogen-bond donors (Lipinski definition) is 3. The van der Waals surface area contributed by atoms with Crippen molar-refractivity contribution in [2.24, 2.45) is 5.92 Å². The lowest BCUT2D eigenvalue weighted by molar-refractivity contribution is -0.137. The Morgan fingerprint density at radius 2 is 2.06 bits per heavy atom. The van der Waals surface area contributed by atoms with Crippen molar-refractivity contribution in [3.05, 3.63) is 59.9 Å². The summed E-state index contributed by atoms with van der Waals surface area (Å²) < 4.78 is 5.16. The Morgan fingerprint density at radius 3 is 2.81 bits per heavy atom. The van der Waals surface area contributed by atoms with Gasteiger partial charge in [0.25, 0.3) is 0 Å². The number of nitrogens with one attached hydrogen (secondary N) is 3. The van der Waals surface area contributed by atoms with Crippen LogP contribution >= 0.6 is 0 Å². The number of likely N-dealkylation sites (tertiary alicyclic amines) is 1. The Morgan fingerprint density at radius 1 is 1.23 bits per heavy atom. The van der Waals surface area contributed by atoms with Gasteiger partial charge in [-0.25, -0.2) is 10.9 Å². The van der Waals surface area contributed by atoms with Crippen LogP contribution in [-0.4, -0.2) is 47.9 Å². The molecule has 0 bridgehead atoms. The molecule has 2 saturated heterocycles. The van der Waals surface area contributed by atoms with Crippen LogP contribution in [0.1, 0.15) is 36.4 Å². The van der Waals surface area contributed by atoms with Crippen molar-refractivity contribution in [1.29, 1.82) is 0 Å². The topological polar surface area (TPSA) is 95.6 Å². The summed E-state index contributed by atoms with van der Waals surface area (Å²) in [5.41, 5.74) is 8.39. The zero-order valence-corrected chi connectivity index (χ0v) is 17.7. The smallest absolute Gasteiger partial charge is 0.241 e. The summed E-state index contributed by atoms with van der Waals surface area (Å²) in [6, 6.07) is 11.3. The molecule has 2 amide bonds. The Bertz CT molecular complexity index is 890. The maximum absolute atomic E-state index is 13.0. The van der Waals surface area contributed by atoms with Gasteiger partial charge >= 0.3 is 0 Å². The van der Waals surface area contributed by atoms with Crippen LogP contribution in [0, 0.1) is 5.92 Å². The van der Waals surface area contributed by atoms with E-state index in [1.54, 1.807) is 13.3 Å². The molecule has 164 valence electrons. The van der Waals surface area contributed by atoms with Gasteiger partial charge in [-0.05, 0) is 48.6 Å². The van der Waals surface area contributed by atoms with Gasteiger partial charge in [0.1, 0.15) is 11.8 Å². The van der Waals surface area contributed by atoms with Crippen molar-refractivity contribution in [2.75, 3.05) is 20.2 Å². The predicted octanol–water partition coefficient (Wildman–Crippen LogP) is 1.55. The molecule has 2 aliphatic heterocycles. The number of benzene rings is 1. The average Bonchev–Trinajstić information content (AvgIpc) is 3.33. The Hall–Kier alpha value is -2.97. The van der Waals surface area contributed by atoms with E-state index in [4.69, 9.17) is 4.74 Å². The van der Waals surface area contributed by atoms with Crippen molar-refractivity contribution in [3.63, 3.8) is 0 Å². The van der Waals surface area contributed by atoms with E-state index in [0.29, 0.717) is 26.1 Å². The highest BCUT2D eigenvalue weighted by Gasteiger charge is 2.36. The number of carbonyl (C=O) groups excluding carboxylic acids is 2. The molecule has 0 aliphatic carbocycles. The van der Waals surface area contributed by atoms with Gasteiger partial charge in [0.2, 0.25) is 11.8 Å². The van der Waals surface area contributed by atoms with E-state index < -0.39 is 0 Å². The minimum Gasteiger partial charge on any atom is -0.497 e. The highest BCUT2D eigenvalue weighted by Crippen LogP contribution is 2.24. The van der Waals surface area contributed by atoms with Gasteiger partial charge in [-0.1, -0.05) is 18.2 Å². The quantitative estimate of drug-likeness (QED) is 0.653. The van der Waals surface area contributed by atoms with Crippen LogP contribution in [0.2, 0.25) is 0 Å². The molecule has 1 aromatic carbocycles. The van der Waals surface area contributed by atoms with Gasteiger partial charge in [0, 0.05) is 38.1 Å². The second kappa shape index (κ2) is 9.89. The van der Waals surface area contributed by atoms with Crippen LogP contribution in [-0.2, 0) is 16.1 Å². The van der Waals surface area contributed by atoms with Crippen LogP contribution in [0.15, 0.2) is 48.8 Å². The van der Waals surface area contributed by atoms with Crippen molar-refractivity contribution in [3.8, 4) is 5.75 Å². The van der Waals surface area contributed by atoms with Gasteiger partial charge in [-0.2, -0.15) is 0 Å². The highest BCUT2D eigenvalue weighted by atomic mass is 16.5. The highest BCUT2D eigenvalue weighted by molar-refractivity contribution is 5.84. The van der Waals surface area contributed by atoms with Gasteiger partial charge in [0.05, 0.1) is 13.0 Å². The number of carbonyl (C=O) groups is 2. The number of amides is 2. The van der Waals surface area contributed by atoms with E-state index in [-0.39, 0.29) is 29.8 Å². The molecule has 2 aliphatic rings. The van der Waals surface area contributed by atoms with Crippen LogP contribution in [0.3, 0.4) is 0 Å². The van der Waals surface area contributed by atoms with Crippen molar-refractivity contribution >= 4 is 11.8 Å². The molecule has 8 nitrogen and oxygen atoms in total. The van der Waals surface area contributed by atoms with E-state index in [2.05, 4.69) is 21.2 Å². The molecular formula is C23H29N5O3. The third-order valence-corrected chi connectivity index (χ3v) is 6.02. The SMILES string of the molecule is COc1ccc(CNC(=O)C2CCCN(C(=O)C3CC(c4cccnc4)NN3)C2)cc1. The van der Waals surface area contributed by atoms with E-state index >= 15 is 0 Å². The number of aromatic nitrogens is 1. The normalized spacial score (nSPS) is 23.4. The van der Waals surface area contributed by atoms with Crippen LogP contribution in [0.4, 0.5) is 0 Å². The monoisotopic (exact) mass is 423 g/mol.